The lowest BCUT2D eigenvalue weighted by Crippen LogP contribution is -2.27. The zero-order valence-corrected chi connectivity index (χ0v) is 10.5. The first-order valence-electron chi connectivity index (χ1n) is 5.25. The molecule has 1 heterocycles. The van der Waals surface area contributed by atoms with Crippen LogP contribution in [-0.2, 0) is 4.74 Å². The second-order valence-electron chi connectivity index (χ2n) is 4.62. The molecular weight excluding hydrogens is 216 g/mol. The van der Waals surface area contributed by atoms with Gasteiger partial charge in [0.15, 0.2) is 0 Å². The van der Waals surface area contributed by atoms with Crippen LogP contribution < -0.4 is 5.32 Å². The van der Waals surface area contributed by atoms with E-state index in [0.717, 1.165) is 5.56 Å². The normalized spacial score (nSPS) is 10.5. The van der Waals surface area contributed by atoms with E-state index >= 15 is 0 Å². The molecule has 1 aromatic heterocycles. The minimum Gasteiger partial charge on any atom is -0.444 e. The Morgan fingerprint density at radius 1 is 1.53 bits per heavy atom. The van der Waals surface area contributed by atoms with Gasteiger partial charge in [-0.3, -0.25) is 5.32 Å². The van der Waals surface area contributed by atoms with Crippen LogP contribution in [-0.4, -0.2) is 16.7 Å². The number of hydrogen-bond donors (Lipinski definition) is 1. The molecule has 0 spiro atoms. The number of terminal acetylenes is 1. The van der Waals surface area contributed by atoms with Crippen molar-refractivity contribution < 1.29 is 9.53 Å². The van der Waals surface area contributed by atoms with Gasteiger partial charge in [0.1, 0.15) is 11.3 Å². The fourth-order valence-corrected chi connectivity index (χ4v) is 1.23. The minimum atomic E-state index is -0.545. The van der Waals surface area contributed by atoms with E-state index in [1.165, 1.54) is 0 Å². The second-order valence-corrected chi connectivity index (χ2v) is 4.62. The molecule has 90 valence electrons. The largest absolute Gasteiger partial charge is 0.444 e. The summed E-state index contributed by atoms with van der Waals surface area (Å²) in [5, 5.41) is 2.62. The van der Waals surface area contributed by atoms with E-state index in [0.29, 0.717) is 11.4 Å². The lowest BCUT2D eigenvalue weighted by molar-refractivity contribution is 0.0635. The van der Waals surface area contributed by atoms with Crippen molar-refractivity contribution in [3.8, 4) is 12.3 Å². The quantitative estimate of drug-likeness (QED) is 0.757. The Hall–Kier alpha value is -2.02. The van der Waals surface area contributed by atoms with Gasteiger partial charge in [-0.15, -0.1) is 6.42 Å². The van der Waals surface area contributed by atoms with Crippen molar-refractivity contribution in [3.05, 3.63) is 23.5 Å². The molecule has 4 heteroatoms. The number of amides is 1. The summed E-state index contributed by atoms with van der Waals surface area (Å²) >= 11 is 0. The molecule has 1 aromatic rings. The number of pyridine rings is 1. The Kier molecular flexibility index (Phi) is 3.74. The smallest absolute Gasteiger partial charge is 0.412 e. The van der Waals surface area contributed by atoms with Gasteiger partial charge in [0.05, 0.1) is 5.69 Å². The molecule has 0 unspecified atom stereocenters. The first-order chi connectivity index (χ1) is 7.83. The highest BCUT2D eigenvalue weighted by Gasteiger charge is 2.17. The van der Waals surface area contributed by atoms with Gasteiger partial charge < -0.3 is 4.74 Å². The number of aromatic nitrogens is 1. The predicted molar refractivity (Wildman–Crippen MR) is 66.8 cm³/mol. The van der Waals surface area contributed by atoms with Crippen LogP contribution in [0.1, 0.15) is 32.0 Å². The van der Waals surface area contributed by atoms with E-state index in [1.54, 1.807) is 33.0 Å². The number of nitrogens with one attached hydrogen (secondary N) is 1. The first kappa shape index (κ1) is 13.0. The molecule has 0 radical (unpaired) electrons. The number of carbonyl (C=O) groups excluding carboxylic acids is 1. The van der Waals surface area contributed by atoms with Crippen molar-refractivity contribution in [2.24, 2.45) is 0 Å². The summed E-state index contributed by atoms with van der Waals surface area (Å²) in [5.74, 6) is 2.42. The van der Waals surface area contributed by atoms with Gasteiger partial charge in [-0.05, 0) is 45.2 Å². The lowest BCUT2D eigenvalue weighted by Gasteiger charge is -2.20. The Morgan fingerprint density at radius 2 is 2.18 bits per heavy atom. The van der Waals surface area contributed by atoms with E-state index in [2.05, 4.69) is 16.2 Å². The van der Waals surface area contributed by atoms with Crippen molar-refractivity contribution in [2.45, 2.75) is 33.3 Å². The monoisotopic (exact) mass is 232 g/mol. The third-order valence-electron chi connectivity index (χ3n) is 1.92. The molecule has 0 aromatic carbocycles. The van der Waals surface area contributed by atoms with Crippen LogP contribution >= 0.6 is 0 Å². The van der Waals surface area contributed by atoms with Gasteiger partial charge in [-0.25, -0.2) is 9.78 Å². The van der Waals surface area contributed by atoms with E-state index in [-0.39, 0.29) is 0 Å². The molecule has 0 aliphatic heterocycles. The summed E-state index contributed by atoms with van der Waals surface area (Å²) < 4.78 is 5.15. The highest BCUT2D eigenvalue weighted by Crippen LogP contribution is 2.18. The summed E-state index contributed by atoms with van der Waals surface area (Å²) in [5.41, 5.74) is 1.22. The summed E-state index contributed by atoms with van der Waals surface area (Å²) in [7, 11) is 0. The SMILES string of the molecule is C#Cc1nccc(C)c1NC(=O)OC(C)(C)C. The van der Waals surface area contributed by atoms with Gasteiger partial charge in [-0.1, -0.05) is 0 Å². The molecule has 1 N–H and O–H groups in total. The van der Waals surface area contributed by atoms with Crippen LogP contribution in [0.25, 0.3) is 0 Å². The van der Waals surface area contributed by atoms with Crippen molar-refractivity contribution in [2.75, 3.05) is 5.32 Å². The Morgan fingerprint density at radius 3 is 2.71 bits per heavy atom. The molecular formula is C13H16N2O2. The molecule has 1 rings (SSSR count). The standard InChI is InChI=1S/C13H16N2O2/c1-6-10-11(9(2)7-8-14-10)15-12(16)17-13(3,4)5/h1,7-8H,2-5H3,(H,15,16). The number of ether oxygens (including phenoxy) is 1. The molecule has 17 heavy (non-hydrogen) atoms. The maximum Gasteiger partial charge on any atom is 0.412 e. The minimum absolute atomic E-state index is 0.399. The van der Waals surface area contributed by atoms with Gasteiger partial charge in [0, 0.05) is 6.20 Å². The van der Waals surface area contributed by atoms with Crippen molar-refractivity contribution >= 4 is 11.8 Å². The zero-order chi connectivity index (χ0) is 13.1. The second kappa shape index (κ2) is 4.88. The van der Waals surface area contributed by atoms with E-state index < -0.39 is 11.7 Å². The number of aryl methyl sites for hydroxylation is 1. The summed E-state index contributed by atoms with van der Waals surface area (Å²) in [4.78, 5) is 15.6. The van der Waals surface area contributed by atoms with Crippen molar-refractivity contribution in [3.63, 3.8) is 0 Å². The fourth-order valence-electron chi connectivity index (χ4n) is 1.23. The summed E-state index contributed by atoms with van der Waals surface area (Å²) in [6.45, 7) is 7.23. The molecule has 0 atom stereocenters. The van der Waals surface area contributed by atoms with Crippen LogP contribution in [0.5, 0.6) is 0 Å². The number of nitrogens with zero attached hydrogens (tertiary/aromatic N) is 1. The van der Waals surface area contributed by atoms with Gasteiger partial charge in [-0.2, -0.15) is 0 Å². The van der Waals surface area contributed by atoms with Gasteiger partial charge in [0.25, 0.3) is 0 Å². The van der Waals surface area contributed by atoms with E-state index in [4.69, 9.17) is 11.2 Å². The number of anilines is 1. The topological polar surface area (TPSA) is 51.2 Å². The Labute approximate surface area is 101 Å². The first-order valence-corrected chi connectivity index (χ1v) is 5.25. The molecule has 4 nitrogen and oxygen atoms in total. The maximum atomic E-state index is 11.6. The van der Waals surface area contributed by atoms with Crippen molar-refractivity contribution in [1.82, 2.24) is 4.98 Å². The lowest BCUT2D eigenvalue weighted by atomic mass is 10.2. The maximum absolute atomic E-state index is 11.6. The summed E-state index contributed by atoms with van der Waals surface area (Å²) in [6.07, 6.45) is 6.38. The van der Waals surface area contributed by atoms with Crippen LogP contribution in [0.3, 0.4) is 0 Å². The van der Waals surface area contributed by atoms with E-state index in [9.17, 15) is 4.79 Å². The van der Waals surface area contributed by atoms with Crippen LogP contribution in [0.2, 0.25) is 0 Å². The zero-order valence-electron chi connectivity index (χ0n) is 10.5. The highest BCUT2D eigenvalue weighted by molar-refractivity contribution is 5.87. The van der Waals surface area contributed by atoms with Crippen LogP contribution in [0.15, 0.2) is 12.3 Å². The predicted octanol–water partition coefficient (Wildman–Crippen LogP) is 2.72. The number of hydrogen-bond acceptors (Lipinski definition) is 3. The molecule has 0 saturated carbocycles. The van der Waals surface area contributed by atoms with Gasteiger partial charge >= 0.3 is 6.09 Å². The van der Waals surface area contributed by atoms with E-state index in [1.807, 2.05) is 6.92 Å². The summed E-state index contributed by atoms with van der Waals surface area (Å²) in [6, 6.07) is 1.77. The van der Waals surface area contributed by atoms with Crippen LogP contribution in [0.4, 0.5) is 10.5 Å². The fraction of sp³-hybridized carbons (Fsp3) is 0.385. The molecule has 1 amide bonds. The third-order valence-corrected chi connectivity index (χ3v) is 1.92. The highest BCUT2D eigenvalue weighted by atomic mass is 16.6. The van der Waals surface area contributed by atoms with Crippen LogP contribution in [0, 0.1) is 19.3 Å². The third kappa shape index (κ3) is 3.80. The molecule has 0 aliphatic rings. The molecule has 0 aliphatic carbocycles. The van der Waals surface area contributed by atoms with Gasteiger partial charge in [0.2, 0.25) is 0 Å². The number of rotatable bonds is 1. The average Bonchev–Trinajstić information content (AvgIpc) is 2.18. The molecule has 0 bridgehead atoms. The Bertz CT molecular complexity index is 467. The van der Waals surface area contributed by atoms with Crippen molar-refractivity contribution in [1.29, 1.82) is 0 Å². The average molecular weight is 232 g/mol. The molecule has 0 saturated heterocycles. The molecule has 0 fully saturated rings. The Balaban J connectivity index is 2.89. The number of carbonyl (C=O) groups is 1.